The van der Waals surface area contributed by atoms with Crippen LogP contribution in [0.25, 0.3) is 0 Å². The number of thiol groups is 1. The number of aromatic carboxylic acids is 1. The Morgan fingerprint density at radius 1 is 1.33 bits per heavy atom. The average molecular weight is 269 g/mol. The van der Waals surface area contributed by atoms with E-state index in [0.717, 1.165) is 0 Å². The standard InChI is InChI=1S/C12H15NO4S/c1-12(2,3)17-11(16)13-7-4-5-8(10(14)15)9(18)6-7/h4-6,18H,1-3H3,(H,13,16)(H,14,15). The molecule has 0 aliphatic rings. The van der Waals surface area contributed by atoms with Crippen molar-refractivity contribution in [3.63, 3.8) is 0 Å². The highest BCUT2D eigenvalue weighted by atomic mass is 32.1. The van der Waals surface area contributed by atoms with Crippen molar-refractivity contribution in [1.29, 1.82) is 0 Å². The Balaban J connectivity index is 2.78. The van der Waals surface area contributed by atoms with E-state index in [1.807, 2.05) is 0 Å². The second-order valence-electron chi connectivity index (χ2n) is 4.66. The van der Waals surface area contributed by atoms with Gasteiger partial charge in [0.25, 0.3) is 0 Å². The molecule has 0 bridgehead atoms. The summed E-state index contributed by atoms with van der Waals surface area (Å²) < 4.78 is 5.07. The van der Waals surface area contributed by atoms with Crippen LogP contribution in [0.2, 0.25) is 0 Å². The molecule has 98 valence electrons. The number of carbonyl (C=O) groups excluding carboxylic acids is 1. The lowest BCUT2D eigenvalue weighted by Crippen LogP contribution is -2.27. The Kier molecular flexibility index (Phi) is 4.24. The molecule has 0 radical (unpaired) electrons. The summed E-state index contributed by atoms with van der Waals surface area (Å²) in [4.78, 5) is 22.5. The number of carbonyl (C=O) groups is 2. The molecule has 0 saturated carbocycles. The SMILES string of the molecule is CC(C)(C)OC(=O)Nc1ccc(C(=O)O)c(S)c1. The molecule has 0 fully saturated rings. The number of hydrogen-bond donors (Lipinski definition) is 3. The molecule has 6 heteroatoms. The molecular formula is C12H15NO4S. The lowest BCUT2D eigenvalue weighted by Gasteiger charge is -2.19. The number of amides is 1. The van der Waals surface area contributed by atoms with Gasteiger partial charge in [-0.2, -0.15) is 0 Å². The molecule has 0 unspecified atom stereocenters. The van der Waals surface area contributed by atoms with E-state index < -0.39 is 17.7 Å². The van der Waals surface area contributed by atoms with Crippen LogP contribution in [0.1, 0.15) is 31.1 Å². The van der Waals surface area contributed by atoms with Crippen molar-refractivity contribution < 1.29 is 19.4 Å². The number of hydrogen-bond acceptors (Lipinski definition) is 4. The zero-order valence-electron chi connectivity index (χ0n) is 10.4. The van der Waals surface area contributed by atoms with E-state index in [9.17, 15) is 9.59 Å². The quantitative estimate of drug-likeness (QED) is 0.721. The zero-order valence-corrected chi connectivity index (χ0v) is 11.2. The van der Waals surface area contributed by atoms with E-state index in [-0.39, 0.29) is 10.5 Å². The maximum atomic E-state index is 11.5. The van der Waals surface area contributed by atoms with Gasteiger partial charge in [-0.15, -0.1) is 12.6 Å². The van der Waals surface area contributed by atoms with Crippen LogP contribution in [-0.4, -0.2) is 22.8 Å². The van der Waals surface area contributed by atoms with E-state index in [2.05, 4.69) is 17.9 Å². The summed E-state index contributed by atoms with van der Waals surface area (Å²) in [5, 5.41) is 11.3. The van der Waals surface area contributed by atoms with Crippen molar-refractivity contribution in [2.45, 2.75) is 31.3 Å². The molecule has 0 heterocycles. The van der Waals surface area contributed by atoms with E-state index in [1.165, 1.54) is 18.2 Å². The number of anilines is 1. The van der Waals surface area contributed by atoms with Crippen molar-refractivity contribution in [2.24, 2.45) is 0 Å². The average Bonchev–Trinajstić information content (AvgIpc) is 2.13. The van der Waals surface area contributed by atoms with Crippen LogP contribution in [0, 0.1) is 0 Å². The maximum Gasteiger partial charge on any atom is 0.412 e. The van der Waals surface area contributed by atoms with Crippen LogP contribution < -0.4 is 5.32 Å². The smallest absolute Gasteiger partial charge is 0.412 e. The molecule has 1 aromatic carbocycles. The first-order valence-corrected chi connectivity index (χ1v) is 5.70. The third-order valence-corrected chi connectivity index (χ3v) is 2.24. The number of carboxylic acids is 1. The van der Waals surface area contributed by atoms with Crippen LogP contribution in [0.5, 0.6) is 0 Å². The van der Waals surface area contributed by atoms with Crippen molar-refractivity contribution in [2.75, 3.05) is 5.32 Å². The molecular weight excluding hydrogens is 254 g/mol. The molecule has 0 atom stereocenters. The zero-order chi connectivity index (χ0) is 13.9. The van der Waals surface area contributed by atoms with Crippen molar-refractivity contribution in [3.8, 4) is 0 Å². The van der Waals surface area contributed by atoms with Gasteiger partial charge in [0.1, 0.15) is 5.60 Å². The molecule has 0 aliphatic heterocycles. The number of carboxylic acid groups (broad SMARTS) is 1. The van der Waals surface area contributed by atoms with Gasteiger partial charge in [-0.1, -0.05) is 0 Å². The lowest BCUT2D eigenvalue weighted by molar-refractivity contribution is 0.0634. The first-order valence-electron chi connectivity index (χ1n) is 5.25. The normalized spacial score (nSPS) is 10.9. The minimum atomic E-state index is -1.07. The molecule has 1 rings (SSSR count). The summed E-state index contributed by atoms with van der Waals surface area (Å²) in [5.74, 6) is -1.07. The summed E-state index contributed by atoms with van der Waals surface area (Å²) in [6.07, 6.45) is -0.599. The summed E-state index contributed by atoms with van der Waals surface area (Å²) in [7, 11) is 0. The summed E-state index contributed by atoms with van der Waals surface area (Å²) in [6, 6.07) is 4.31. The van der Waals surface area contributed by atoms with Gasteiger partial charge < -0.3 is 9.84 Å². The second-order valence-corrected chi connectivity index (χ2v) is 5.15. The fourth-order valence-electron chi connectivity index (χ4n) is 1.21. The minimum Gasteiger partial charge on any atom is -0.478 e. The van der Waals surface area contributed by atoms with Crippen LogP contribution in [0.4, 0.5) is 10.5 Å². The third kappa shape index (κ3) is 4.29. The fourth-order valence-corrected chi connectivity index (χ4v) is 1.52. The summed E-state index contributed by atoms with van der Waals surface area (Å²) in [6.45, 7) is 5.26. The Hall–Kier alpha value is -1.69. The monoisotopic (exact) mass is 269 g/mol. The topological polar surface area (TPSA) is 75.6 Å². The van der Waals surface area contributed by atoms with E-state index in [4.69, 9.17) is 9.84 Å². The molecule has 18 heavy (non-hydrogen) atoms. The first kappa shape index (κ1) is 14.4. The molecule has 1 aromatic rings. The molecule has 5 nitrogen and oxygen atoms in total. The molecule has 0 aliphatic carbocycles. The molecule has 0 saturated heterocycles. The van der Waals surface area contributed by atoms with Crippen molar-refractivity contribution in [3.05, 3.63) is 23.8 Å². The Morgan fingerprint density at radius 3 is 2.39 bits per heavy atom. The fraction of sp³-hybridized carbons (Fsp3) is 0.333. The minimum absolute atomic E-state index is 0.0769. The summed E-state index contributed by atoms with van der Waals surface area (Å²) in [5.41, 5.74) is -0.0816. The number of ether oxygens (including phenoxy) is 1. The Bertz CT molecular complexity index is 479. The van der Waals surface area contributed by atoms with Crippen molar-refractivity contribution >= 4 is 30.4 Å². The van der Waals surface area contributed by atoms with E-state index in [1.54, 1.807) is 20.8 Å². The van der Waals surface area contributed by atoms with Gasteiger partial charge in [-0.25, -0.2) is 9.59 Å². The van der Waals surface area contributed by atoms with Crippen LogP contribution in [0.3, 0.4) is 0 Å². The first-order chi connectivity index (χ1) is 8.19. The Morgan fingerprint density at radius 2 is 1.94 bits per heavy atom. The highest BCUT2D eigenvalue weighted by molar-refractivity contribution is 7.80. The van der Waals surface area contributed by atoms with Crippen LogP contribution in [0.15, 0.2) is 23.1 Å². The molecule has 0 spiro atoms. The predicted molar refractivity (Wildman–Crippen MR) is 70.5 cm³/mol. The van der Waals surface area contributed by atoms with Gasteiger partial charge >= 0.3 is 12.1 Å². The molecule has 1 amide bonds. The van der Waals surface area contributed by atoms with Gasteiger partial charge in [-0.3, -0.25) is 5.32 Å². The maximum absolute atomic E-state index is 11.5. The number of rotatable bonds is 2. The van der Waals surface area contributed by atoms with E-state index >= 15 is 0 Å². The van der Waals surface area contributed by atoms with Gasteiger partial charge in [0.05, 0.1) is 5.56 Å². The summed E-state index contributed by atoms with van der Waals surface area (Å²) >= 11 is 4.04. The highest BCUT2D eigenvalue weighted by Crippen LogP contribution is 2.20. The number of nitrogens with one attached hydrogen (secondary N) is 1. The van der Waals surface area contributed by atoms with Gasteiger partial charge in [0.15, 0.2) is 0 Å². The molecule has 0 aromatic heterocycles. The second kappa shape index (κ2) is 5.30. The van der Waals surface area contributed by atoms with Crippen LogP contribution >= 0.6 is 12.6 Å². The highest BCUT2D eigenvalue weighted by Gasteiger charge is 2.16. The third-order valence-electron chi connectivity index (χ3n) is 1.87. The predicted octanol–water partition coefficient (Wildman–Crippen LogP) is 3.02. The van der Waals surface area contributed by atoms with Crippen LogP contribution in [-0.2, 0) is 4.74 Å². The van der Waals surface area contributed by atoms with Gasteiger partial charge in [0, 0.05) is 10.6 Å². The number of benzene rings is 1. The van der Waals surface area contributed by atoms with Gasteiger partial charge in [-0.05, 0) is 39.0 Å². The lowest BCUT2D eigenvalue weighted by atomic mass is 10.2. The van der Waals surface area contributed by atoms with Crippen molar-refractivity contribution in [1.82, 2.24) is 0 Å². The van der Waals surface area contributed by atoms with E-state index in [0.29, 0.717) is 5.69 Å². The Labute approximate surface area is 111 Å². The molecule has 2 N–H and O–H groups in total. The van der Waals surface area contributed by atoms with Gasteiger partial charge in [0.2, 0.25) is 0 Å². The largest absolute Gasteiger partial charge is 0.478 e.